The van der Waals surface area contributed by atoms with Crippen molar-refractivity contribution in [2.24, 2.45) is 0 Å². The molecule has 0 bridgehead atoms. The Kier molecular flexibility index (Phi) is 6.52. The van der Waals surface area contributed by atoms with E-state index in [0.717, 1.165) is 10.5 Å². The van der Waals surface area contributed by atoms with E-state index in [-0.39, 0.29) is 17.9 Å². The molecule has 1 aromatic rings. The Morgan fingerprint density at radius 1 is 1.09 bits per heavy atom. The number of quaternary nitrogens is 1. The van der Waals surface area contributed by atoms with Crippen LogP contribution in [0.2, 0.25) is 0 Å². The minimum atomic E-state index is -0.514. The molecule has 0 aromatic heterocycles. The van der Waals surface area contributed by atoms with E-state index in [1.165, 1.54) is 7.05 Å². The molecule has 7 nitrogen and oxygen atoms in total. The lowest BCUT2D eigenvalue weighted by Crippen LogP contribution is -3.12. The fourth-order valence-corrected chi connectivity index (χ4v) is 1.90. The number of likely N-dealkylation sites (N-methyl/N-ethyl adjacent to an activating group) is 1. The number of hydrogen-bond donors (Lipinski definition) is 4. The van der Waals surface area contributed by atoms with Crippen LogP contribution < -0.4 is 20.9 Å². The fourth-order valence-electron chi connectivity index (χ4n) is 1.90. The summed E-state index contributed by atoms with van der Waals surface area (Å²) in [5, 5.41) is 7.17. The zero-order valence-electron chi connectivity index (χ0n) is 13.3. The average molecular weight is 307 g/mol. The second-order valence-electron chi connectivity index (χ2n) is 5.09. The molecule has 120 valence electrons. The number of urea groups is 1. The van der Waals surface area contributed by atoms with Crippen molar-refractivity contribution in [1.29, 1.82) is 0 Å². The van der Waals surface area contributed by atoms with Crippen LogP contribution in [0.3, 0.4) is 0 Å². The number of nitrogens with one attached hydrogen (secondary N) is 4. The van der Waals surface area contributed by atoms with Crippen molar-refractivity contribution < 1.29 is 19.3 Å². The Labute approximate surface area is 130 Å². The molecule has 0 fully saturated rings. The number of imide groups is 1. The standard InChI is InChI=1S/C15H22N4O3/c1-10(13(20)18-15(22)17-3)19(4)9-11-5-7-12(8-6-11)14(21)16-2/h5-8,10H,9H2,1-4H3,(H,16,21)(H2,17,18,20,22)/p+1/t10-/m1/s1. The minimum absolute atomic E-state index is 0.134. The van der Waals surface area contributed by atoms with Gasteiger partial charge in [-0.05, 0) is 19.1 Å². The summed E-state index contributed by atoms with van der Waals surface area (Å²) in [6.45, 7) is 2.36. The van der Waals surface area contributed by atoms with Crippen LogP contribution in [0.1, 0.15) is 22.8 Å². The maximum atomic E-state index is 11.9. The predicted molar refractivity (Wildman–Crippen MR) is 82.5 cm³/mol. The molecule has 0 aliphatic rings. The first-order chi connectivity index (χ1) is 10.4. The van der Waals surface area contributed by atoms with Gasteiger partial charge in [-0.25, -0.2) is 4.79 Å². The summed E-state index contributed by atoms with van der Waals surface area (Å²) < 4.78 is 0. The lowest BCUT2D eigenvalue weighted by molar-refractivity contribution is -0.908. The van der Waals surface area contributed by atoms with E-state index in [1.807, 2.05) is 19.2 Å². The Hall–Kier alpha value is -2.41. The monoisotopic (exact) mass is 307 g/mol. The van der Waals surface area contributed by atoms with Gasteiger partial charge in [0.2, 0.25) is 0 Å². The van der Waals surface area contributed by atoms with E-state index < -0.39 is 6.03 Å². The fraction of sp³-hybridized carbons (Fsp3) is 0.400. The second-order valence-corrected chi connectivity index (χ2v) is 5.09. The highest BCUT2D eigenvalue weighted by Crippen LogP contribution is 2.03. The molecule has 0 heterocycles. The Morgan fingerprint density at radius 2 is 1.68 bits per heavy atom. The van der Waals surface area contributed by atoms with Crippen LogP contribution in [0.15, 0.2) is 24.3 Å². The molecular formula is C15H23N4O3+. The molecule has 1 unspecified atom stereocenters. The molecule has 4 amide bonds. The van der Waals surface area contributed by atoms with Crippen molar-refractivity contribution in [3.63, 3.8) is 0 Å². The van der Waals surface area contributed by atoms with Crippen LogP contribution in [-0.4, -0.2) is 45.0 Å². The maximum Gasteiger partial charge on any atom is 0.321 e. The summed E-state index contributed by atoms with van der Waals surface area (Å²) in [5.74, 6) is -0.468. The number of carbonyl (C=O) groups is 3. The molecule has 0 spiro atoms. The number of hydrogen-bond acceptors (Lipinski definition) is 3. The molecule has 0 saturated carbocycles. The highest BCUT2D eigenvalue weighted by atomic mass is 16.2. The van der Waals surface area contributed by atoms with Crippen LogP contribution in [0.5, 0.6) is 0 Å². The Morgan fingerprint density at radius 3 is 2.18 bits per heavy atom. The smallest absolute Gasteiger partial charge is 0.321 e. The van der Waals surface area contributed by atoms with Gasteiger partial charge in [-0.15, -0.1) is 0 Å². The minimum Gasteiger partial charge on any atom is -0.355 e. The van der Waals surface area contributed by atoms with Crippen molar-refractivity contribution in [2.75, 3.05) is 21.1 Å². The molecule has 0 aliphatic heterocycles. The largest absolute Gasteiger partial charge is 0.355 e. The highest BCUT2D eigenvalue weighted by Gasteiger charge is 2.23. The normalized spacial score (nSPS) is 12.9. The summed E-state index contributed by atoms with van der Waals surface area (Å²) in [4.78, 5) is 35.4. The average Bonchev–Trinajstić information content (AvgIpc) is 2.53. The van der Waals surface area contributed by atoms with Gasteiger partial charge in [0.25, 0.3) is 11.8 Å². The van der Waals surface area contributed by atoms with Gasteiger partial charge in [0.05, 0.1) is 7.05 Å². The summed E-state index contributed by atoms with van der Waals surface area (Å²) >= 11 is 0. The van der Waals surface area contributed by atoms with Crippen molar-refractivity contribution in [1.82, 2.24) is 16.0 Å². The van der Waals surface area contributed by atoms with Crippen molar-refractivity contribution in [3.8, 4) is 0 Å². The van der Waals surface area contributed by atoms with E-state index in [4.69, 9.17) is 0 Å². The van der Waals surface area contributed by atoms with E-state index in [9.17, 15) is 14.4 Å². The van der Waals surface area contributed by atoms with E-state index in [0.29, 0.717) is 12.1 Å². The summed E-state index contributed by atoms with van der Waals surface area (Å²) in [6, 6.07) is 6.32. The highest BCUT2D eigenvalue weighted by molar-refractivity contribution is 5.96. The first kappa shape index (κ1) is 17.6. The van der Waals surface area contributed by atoms with Crippen molar-refractivity contribution in [2.45, 2.75) is 19.5 Å². The number of benzene rings is 1. The zero-order chi connectivity index (χ0) is 16.7. The van der Waals surface area contributed by atoms with Gasteiger partial charge in [-0.3, -0.25) is 14.9 Å². The molecule has 1 rings (SSSR count). The molecule has 1 aromatic carbocycles. The van der Waals surface area contributed by atoms with Gasteiger partial charge in [0.1, 0.15) is 6.54 Å². The second kappa shape index (κ2) is 8.14. The summed E-state index contributed by atoms with van der Waals surface area (Å²) in [7, 11) is 4.92. The predicted octanol–water partition coefficient (Wildman–Crippen LogP) is -1.09. The first-order valence-electron chi connectivity index (χ1n) is 7.05. The zero-order valence-corrected chi connectivity index (χ0v) is 13.3. The van der Waals surface area contributed by atoms with Crippen molar-refractivity contribution in [3.05, 3.63) is 35.4 Å². The van der Waals surface area contributed by atoms with E-state index >= 15 is 0 Å². The number of amides is 4. The molecule has 0 radical (unpaired) electrons. The Balaban J connectivity index is 2.63. The lowest BCUT2D eigenvalue weighted by atomic mass is 10.1. The molecular weight excluding hydrogens is 284 g/mol. The molecule has 2 atom stereocenters. The van der Waals surface area contributed by atoms with Gasteiger partial charge in [0.15, 0.2) is 6.04 Å². The van der Waals surface area contributed by atoms with Gasteiger partial charge in [-0.2, -0.15) is 0 Å². The third kappa shape index (κ3) is 4.85. The van der Waals surface area contributed by atoms with Gasteiger partial charge in [0, 0.05) is 25.2 Å². The molecule has 0 aliphatic carbocycles. The molecule has 0 saturated heterocycles. The SMILES string of the molecule is CNC(=O)NC(=O)[C@@H](C)[NH+](C)Cc1ccc(C(=O)NC)cc1. The molecule has 4 N–H and O–H groups in total. The third-order valence-electron chi connectivity index (χ3n) is 3.52. The van der Waals surface area contributed by atoms with Crippen LogP contribution in [0, 0.1) is 0 Å². The van der Waals surface area contributed by atoms with Crippen LogP contribution in [-0.2, 0) is 11.3 Å². The van der Waals surface area contributed by atoms with Crippen LogP contribution in [0.25, 0.3) is 0 Å². The number of rotatable bonds is 5. The first-order valence-corrected chi connectivity index (χ1v) is 7.05. The third-order valence-corrected chi connectivity index (χ3v) is 3.52. The topological polar surface area (TPSA) is 91.7 Å². The van der Waals surface area contributed by atoms with E-state index in [2.05, 4.69) is 16.0 Å². The van der Waals surface area contributed by atoms with Gasteiger partial charge < -0.3 is 15.5 Å². The summed E-state index contributed by atoms with van der Waals surface area (Å²) in [5.41, 5.74) is 1.60. The molecule has 22 heavy (non-hydrogen) atoms. The van der Waals surface area contributed by atoms with Crippen molar-refractivity contribution >= 4 is 17.8 Å². The molecule has 7 heteroatoms. The lowest BCUT2D eigenvalue weighted by Gasteiger charge is -2.20. The summed E-state index contributed by atoms with van der Waals surface area (Å²) in [6.07, 6.45) is 0. The number of carbonyl (C=O) groups excluding carboxylic acids is 3. The quantitative estimate of drug-likeness (QED) is 0.557. The van der Waals surface area contributed by atoms with Crippen LogP contribution in [0.4, 0.5) is 4.79 Å². The van der Waals surface area contributed by atoms with Gasteiger partial charge >= 0.3 is 6.03 Å². The van der Waals surface area contributed by atoms with E-state index in [1.54, 1.807) is 26.1 Å². The van der Waals surface area contributed by atoms with Gasteiger partial charge in [-0.1, -0.05) is 12.1 Å². The Bertz CT molecular complexity index is 542. The van der Waals surface area contributed by atoms with Crippen LogP contribution >= 0.6 is 0 Å². The maximum absolute atomic E-state index is 11.9.